The maximum Gasteiger partial charge on any atom is 0.0459 e. The number of hydrazine groups is 1. The van der Waals surface area contributed by atoms with E-state index in [1.807, 2.05) is 0 Å². The van der Waals surface area contributed by atoms with Crippen LogP contribution in [0, 0.1) is 12.3 Å². The van der Waals surface area contributed by atoms with Gasteiger partial charge in [-0.05, 0) is 72.4 Å². The van der Waals surface area contributed by atoms with Crippen LogP contribution in [-0.4, -0.2) is 11.5 Å². The SMILES string of the molecule is C=CNNCCCCCCc1cccc(-c2ccc3[nH]c(C)c(CC(C)(C)C)c3c2)c1. The van der Waals surface area contributed by atoms with E-state index in [0.717, 1.165) is 19.4 Å². The van der Waals surface area contributed by atoms with Crippen molar-refractivity contribution < 1.29 is 0 Å². The Bertz CT molecular complexity index is 991. The summed E-state index contributed by atoms with van der Waals surface area (Å²) in [6, 6.07) is 16.0. The Morgan fingerprint density at radius 2 is 1.74 bits per heavy atom. The smallest absolute Gasteiger partial charge is 0.0459 e. The maximum absolute atomic E-state index is 3.63. The fourth-order valence-corrected chi connectivity index (χ4v) is 4.27. The molecule has 0 aliphatic carbocycles. The highest BCUT2D eigenvalue weighted by molar-refractivity contribution is 5.89. The van der Waals surface area contributed by atoms with Crippen LogP contribution in [0.25, 0.3) is 22.0 Å². The van der Waals surface area contributed by atoms with Gasteiger partial charge < -0.3 is 10.4 Å². The van der Waals surface area contributed by atoms with E-state index in [1.165, 1.54) is 64.5 Å². The Hall–Kier alpha value is -2.52. The molecule has 2 aromatic carbocycles. The van der Waals surface area contributed by atoms with Gasteiger partial charge in [0.2, 0.25) is 0 Å². The highest BCUT2D eigenvalue weighted by atomic mass is 15.3. The Morgan fingerprint density at radius 3 is 2.52 bits per heavy atom. The molecular weight excluding hydrogens is 378 g/mol. The zero-order valence-electron chi connectivity index (χ0n) is 19.8. The normalized spacial score (nSPS) is 11.7. The van der Waals surface area contributed by atoms with Gasteiger partial charge in [-0.15, -0.1) is 0 Å². The number of nitrogens with one attached hydrogen (secondary N) is 3. The van der Waals surface area contributed by atoms with Crippen molar-refractivity contribution in [2.75, 3.05) is 6.54 Å². The molecule has 0 aliphatic heterocycles. The van der Waals surface area contributed by atoms with Gasteiger partial charge in [-0.2, -0.15) is 0 Å². The second-order valence-corrected chi connectivity index (χ2v) is 9.87. The third kappa shape index (κ3) is 6.73. The zero-order chi connectivity index (χ0) is 22.3. The number of aromatic nitrogens is 1. The van der Waals surface area contributed by atoms with Crippen LogP contribution in [0.1, 0.15) is 63.3 Å². The van der Waals surface area contributed by atoms with Crippen molar-refractivity contribution in [3.63, 3.8) is 0 Å². The lowest BCUT2D eigenvalue weighted by Crippen LogP contribution is -2.27. The van der Waals surface area contributed by atoms with Gasteiger partial charge in [0.25, 0.3) is 0 Å². The van der Waals surface area contributed by atoms with E-state index in [2.05, 4.69) is 92.6 Å². The van der Waals surface area contributed by atoms with Gasteiger partial charge in [0, 0.05) is 29.3 Å². The first-order valence-corrected chi connectivity index (χ1v) is 11.7. The van der Waals surface area contributed by atoms with Crippen LogP contribution in [0.15, 0.2) is 55.2 Å². The summed E-state index contributed by atoms with van der Waals surface area (Å²) in [7, 11) is 0. The molecule has 0 bridgehead atoms. The lowest BCUT2D eigenvalue weighted by Gasteiger charge is -2.18. The molecule has 31 heavy (non-hydrogen) atoms. The molecule has 3 heteroatoms. The molecule has 0 saturated carbocycles. The van der Waals surface area contributed by atoms with Crippen molar-refractivity contribution in [2.45, 2.75) is 66.2 Å². The highest BCUT2D eigenvalue weighted by Crippen LogP contribution is 2.32. The molecule has 0 fully saturated rings. The first kappa shape index (κ1) is 23.1. The maximum atomic E-state index is 3.63. The van der Waals surface area contributed by atoms with Gasteiger partial charge in [-0.25, -0.2) is 5.43 Å². The van der Waals surface area contributed by atoms with Gasteiger partial charge >= 0.3 is 0 Å². The molecule has 1 aromatic heterocycles. The minimum atomic E-state index is 0.272. The largest absolute Gasteiger partial charge is 0.358 e. The van der Waals surface area contributed by atoms with Crippen LogP contribution in [0.2, 0.25) is 0 Å². The quantitative estimate of drug-likeness (QED) is 0.230. The summed E-state index contributed by atoms with van der Waals surface area (Å²) >= 11 is 0. The van der Waals surface area contributed by atoms with E-state index in [0.29, 0.717) is 0 Å². The van der Waals surface area contributed by atoms with Crippen molar-refractivity contribution in [1.29, 1.82) is 0 Å². The van der Waals surface area contributed by atoms with Gasteiger partial charge in [0.15, 0.2) is 0 Å². The first-order valence-electron chi connectivity index (χ1n) is 11.7. The average Bonchev–Trinajstić information content (AvgIpc) is 3.03. The summed E-state index contributed by atoms with van der Waals surface area (Å²) in [6.07, 6.45) is 8.86. The third-order valence-corrected chi connectivity index (χ3v) is 5.81. The number of fused-ring (bicyclic) bond motifs is 1. The van der Waals surface area contributed by atoms with Crippen LogP contribution in [0.5, 0.6) is 0 Å². The van der Waals surface area contributed by atoms with Crippen molar-refractivity contribution >= 4 is 10.9 Å². The molecule has 166 valence electrons. The fourth-order valence-electron chi connectivity index (χ4n) is 4.27. The molecule has 0 atom stereocenters. The number of H-pyrrole nitrogens is 1. The molecule has 0 aliphatic rings. The summed E-state index contributed by atoms with van der Waals surface area (Å²) in [4.78, 5) is 3.58. The summed E-state index contributed by atoms with van der Waals surface area (Å²) in [6.45, 7) is 13.8. The summed E-state index contributed by atoms with van der Waals surface area (Å²) in [5.41, 5.74) is 14.4. The molecule has 3 N–H and O–H groups in total. The Kier molecular flexibility index (Phi) is 7.97. The second-order valence-electron chi connectivity index (χ2n) is 9.87. The van der Waals surface area contributed by atoms with Crippen LogP contribution in [0.3, 0.4) is 0 Å². The molecule has 0 radical (unpaired) electrons. The first-order chi connectivity index (χ1) is 14.9. The van der Waals surface area contributed by atoms with Crippen LogP contribution in [-0.2, 0) is 12.8 Å². The number of hydrogen-bond donors (Lipinski definition) is 3. The molecule has 0 amide bonds. The van der Waals surface area contributed by atoms with E-state index in [9.17, 15) is 0 Å². The molecule has 3 rings (SSSR count). The third-order valence-electron chi connectivity index (χ3n) is 5.81. The molecular formula is C28H39N3. The topological polar surface area (TPSA) is 39.8 Å². The average molecular weight is 418 g/mol. The van der Waals surface area contributed by atoms with Gasteiger partial charge in [-0.3, -0.25) is 0 Å². The monoisotopic (exact) mass is 417 g/mol. The van der Waals surface area contributed by atoms with Gasteiger partial charge in [0.05, 0.1) is 0 Å². The van der Waals surface area contributed by atoms with E-state index in [4.69, 9.17) is 0 Å². The molecule has 0 unspecified atom stereocenters. The van der Waals surface area contributed by atoms with Crippen molar-refractivity contribution in [3.05, 3.63) is 72.1 Å². The Balaban J connectivity index is 1.66. The minimum Gasteiger partial charge on any atom is -0.358 e. The standard InChI is InChI=1S/C28H39N3/c1-6-29-30-17-10-8-7-9-12-22-13-11-14-23(18-22)24-15-16-27-25(19-24)26(21(2)31-27)20-28(3,4)5/h6,11,13-16,18-19,29-31H,1,7-10,12,17,20H2,2-5H3. The van der Waals surface area contributed by atoms with E-state index < -0.39 is 0 Å². The fraction of sp³-hybridized carbons (Fsp3) is 0.429. The number of aromatic amines is 1. The molecule has 1 heterocycles. The summed E-state index contributed by atoms with van der Waals surface area (Å²) in [5.74, 6) is 0. The number of hydrogen-bond acceptors (Lipinski definition) is 2. The Morgan fingerprint density at radius 1 is 0.968 bits per heavy atom. The number of aryl methyl sites for hydroxylation is 2. The number of unbranched alkanes of at least 4 members (excludes halogenated alkanes) is 3. The van der Waals surface area contributed by atoms with E-state index in [-0.39, 0.29) is 5.41 Å². The molecule has 3 aromatic rings. The summed E-state index contributed by atoms with van der Waals surface area (Å²) in [5, 5.41) is 1.37. The van der Waals surface area contributed by atoms with Crippen molar-refractivity contribution in [1.82, 2.24) is 15.8 Å². The van der Waals surface area contributed by atoms with Crippen LogP contribution >= 0.6 is 0 Å². The molecule has 0 saturated heterocycles. The van der Waals surface area contributed by atoms with E-state index >= 15 is 0 Å². The number of rotatable bonds is 11. The lowest BCUT2D eigenvalue weighted by atomic mass is 9.86. The predicted octanol–water partition coefficient (Wildman–Crippen LogP) is 7.07. The van der Waals surface area contributed by atoms with Crippen molar-refractivity contribution in [2.24, 2.45) is 5.41 Å². The summed E-state index contributed by atoms with van der Waals surface area (Å²) < 4.78 is 0. The van der Waals surface area contributed by atoms with Crippen molar-refractivity contribution in [3.8, 4) is 11.1 Å². The molecule has 3 nitrogen and oxygen atoms in total. The Labute approximate surface area is 188 Å². The van der Waals surface area contributed by atoms with E-state index in [1.54, 1.807) is 6.20 Å². The molecule has 0 spiro atoms. The van der Waals surface area contributed by atoms with Crippen LogP contribution < -0.4 is 10.9 Å². The van der Waals surface area contributed by atoms with Gasteiger partial charge in [-0.1, -0.05) is 70.5 Å². The lowest BCUT2D eigenvalue weighted by molar-refractivity contribution is 0.411. The van der Waals surface area contributed by atoms with Crippen LogP contribution in [0.4, 0.5) is 0 Å². The number of benzene rings is 2. The minimum absolute atomic E-state index is 0.272. The second kappa shape index (κ2) is 10.7. The zero-order valence-corrected chi connectivity index (χ0v) is 19.8. The predicted molar refractivity (Wildman–Crippen MR) is 135 cm³/mol. The highest BCUT2D eigenvalue weighted by Gasteiger charge is 2.17. The van der Waals surface area contributed by atoms with Gasteiger partial charge in [0.1, 0.15) is 0 Å².